The van der Waals surface area contributed by atoms with Crippen molar-refractivity contribution in [3.63, 3.8) is 0 Å². The molecule has 1 saturated heterocycles. The summed E-state index contributed by atoms with van der Waals surface area (Å²) in [5.74, 6) is 1.21. The Hall–Kier alpha value is -2.89. The van der Waals surface area contributed by atoms with E-state index in [1.54, 1.807) is 0 Å². The standard InChI is InChI=1S/C25H26ClN5/c26-22-11-5-4-10-21(22)23-13-20-16-29-25(28-15-18-7-2-1-3-8-18)30-24(20)31(23)17-19-9-6-12-27-14-19/h1-5,7-8,10-11,13,16,19,27H,6,9,12,14-15,17H2,(H,28,29,30)/t19-/m1/s1. The van der Waals surface area contributed by atoms with E-state index >= 15 is 0 Å². The highest BCUT2D eigenvalue weighted by Crippen LogP contribution is 2.33. The second-order valence-corrected chi connectivity index (χ2v) is 8.55. The lowest BCUT2D eigenvalue weighted by Crippen LogP contribution is -2.32. The lowest BCUT2D eigenvalue weighted by Gasteiger charge is -2.24. The molecule has 1 aliphatic heterocycles. The van der Waals surface area contributed by atoms with Gasteiger partial charge in [0.25, 0.3) is 0 Å². The van der Waals surface area contributed by atoms with Crippen molar-refractivity contribution in [1.82, 2.24) is 19.9 Å². The Morgan fingerprint density at radius 3 is 2.74 bits per heavy atom. The summed E-state index contributed by atoms with van der Waals surface area (Å²) >= 11 is 6.58. The molecule has 1 aliphatic rings. The molecule has 0 amide bonds. The van der Waals surface area contributed by atoms with Crippen LogP contribution in [0.15, 0.2) is 66.9 Å². The summed E-state index contributed by atoms with van der Waals surface area (Å²) in [6.07, 6.45) is 4.34. The van der Waals surface area contributed by atoms with Crippen molar-refractivity contribution in [3.05, 3.63) is 77.4 Å². The molecule has 31 heavy (non-hydrogen) atoms. The minimum Gasteiger partial charge on any atom is -0.350 e. The zero-order chi connectivity index (χ0) is 21.0. The second-order valence-electron chi connectivity index (χ2n) is 8.14. The molecule has 0 saturated carbocycles. The van der Waals surface area contributed by atoms with E-state index in [1.807, 2.05) is 42.6 Å². The number of aromatic nitrogens is 3. The van der Waals surface area contributed by atoms with E-state index in [9.17, 15) is 0 Å². The largest absolute Gasteiger partial charge is 0.350 e. The average Bonchev–Trinajstić information content (AvgIpc) is 3.17. The minimum absolute atomic E-state index is 0.571. The Labute approximate surface area is 187 Å². The van der Waals surface area contributed by atoms with Crippen molar-refractivity contribution >= 4 is 28.6 Å². The Balaban J connectivity index is 1.52. The summed E-state index contributed by atoms with van der Waals surface area (Å²) in [7, 11) is 0. The number of nitrogens with zero attached hydrogens (tertiary/aromatic N) is 3. The third-order valence-corrected chi connectivity index (χ3v) is 6.25. The van der Waals surface area contributed by atoms with E-state index in [2.05, 4.69) is 44.5 Å². The molecule has 0 aliphatic carbocycles. The first kappa shape index (κ1) is 20.0. The maximum absolute atomic E-state index is 6.58. The van der Waals surface area contributed by atoms with Crippen LogP contribution in [0.1, 0.15) is 18.4 Å². The molecule has 5 rings (SSSR count). The maximum atomic E-state index is 6.58. The molecule has 0 spiro atoms. The van der Waals surface area contributed by atoms with Gasteiger partial charge < -0.3 is 15.2 Å². The Morgan fingerprint density at radius 2 is 1.94 bits per heavy atom. The molecular formula is C25H26ClN5. The Kier molecular flexibility index (Phi) is 5.87. The summed E-state index contributed by atoms with van der Waals surface area (Å²) in [5.41, 5.74) is 4.28. The fourth-order valence-corrected chi connectivity index (χ4v) is 4.55. The van der Waals surface area contributed by atoms with E-state index in [0.717, 1.165) is 46.9 Å². The van der Waals surface area contributed by atoms with Crippen LogP contribution in [0.5, 0.6) is 0 Å². The molecule has 3 heterocycles. The number of anilines is 1. The summed E-state index contributed by atoms with van der Waals surface area (Å²) in [6, 6.07) is 20.5. The average molecular weight is 432 g/mol. The maximum Gasteiger partial charge on any atom is 0.224 e. The third kappa shape index (κ3) is 4.43. The van der Waals surface area contributed by atoms with E-state index < -0.39 is 0 Å². The minimum atomic E-state index is 0.571. The summed E-state index contributed by atoms with van der Waals surface area (Å²) in [5, 5.41) is 8.69. The monoisotopic (exact) mass is 431 g/mol. The smallest absolute Gasteiger partial charge is 0.224 e. The molecule has 2 N–H and O–H groups in total. The first-order valence-electron chi connectivity index (χ1n) is 10.9. The molecular weight excluding hydrogens is 406 g/mol. The van der Waals surface area contributed by atoms with Crippen LogP contribution < -0.4 is 10.6 Å². The van der Waals surface area contributed by atoms with Crippen molar-refractivity contribution in [3.8, 4) is 11.3 Å². The fourth-order valence-electron chi connectivity index (χ4n) is 4.32. The van der Waals surface area contributed by atoms with Crippen LogP contribution in [0.4, 0.5) is 5.95 Å². The van der Waals surface area contributed by atoms with Crippen molar-refractivity contribution in [2.75, 3.05) is 18.4 Å². The first-order valence-corrected chi connectivity index (χ1v) is 11.3. The van der Waals surface area contributed by atoms with Gasteiger partial charge in [-0.25, -0.2) is 4.98 Å². The SMILES string of the molecule is Clc1ccccc1-c1cc2cnc(NCc3ccccc3)nc2n1C[C@@H]1CCCNC1. The van der Waals surface area contributed by atoms with Gasteiger partial charge in [-0.1, -0.05) is 60.1 Å². The number of hydrogen-bond donors (Lipinski definition) is 2. The topological polar surface area (TPSA) is 54.8 Å². The van der Waals surface area contributed by atoms with Crippen LogP contribution in [0.3, 0.4) is 0 Å². The summed E-state index contributed by atoms with van der Waals surface area (Å²) < 4.78 is 2.32. The van der Waals surface area contributed by atoms with Gasteiger partial charge in [0, 0.05) is 35.3 Å². The van der Waals surface area contributed by atoms with E-state index in [4.69, 9.17) is 16.6 Å². The van der Waals surface area contributed by atoms with Gasteiger partial charge in [0.1, 0.15) is 5.65 Å². The van der Waals surface area contributed by atoms with E-state index in [0.29, 0.717) is 18.4 Å². The predicted molar refractivity (Wildman–Crippen MR) is 127 cm³/mol. The predicted octanol–water partition coefficient (Wildman–Crippen LogP) is 5.36. The van der Waals surface area contributed by atoms with E-state index in [1.165, 1.54) is 18.4 Å². The molecule has 1 atom stereocenters. The summed E-state index contributed by atoms with van der Waals surface area (Å²) in [4.78, 5) is 9.47. The zero-order valence-electron chi connectivity index (χ0n) is 17.4. The lowest BCUT2D eigenvalue weighted by atomic mass is 9.99. The van der Waals surface area contributed by atoms with Crippen LogP contribution in [0.2, 0.25) is 5.02 Å². The van der Waals surface area contributed by atoms with Crippen LogP contribution in [-0.4, -0.2) is 27.6 Å². The molecule has 4 aromatic rings. The normalized spacial score (nSPS) is 16.5. The van der Waals surface area contributed by atoms with Crippen molar-refractivity contribution in [2.24, 2.45) is 5.92 Å². The number of piperidine rings is 1. The number of benzene rings is 2. The molecule has 0 bridgehead atoms. The second kappa shape index (κ2) is 9.08. The third-order valence-electron chi connectivity index (χ3n) is 5.92. The number of nitrogens with one attached hydrogen (secondary N) is 2. The van der Waals surface area contributed by atoms with Crippen LogP contribution in [0, 0.1) is 5.92 Å². The van der Waals surface area contributed by atoms with Gasteiger partial charge in [0.05, 0.1) is 5.69 Å². The molecule has 0 unspecified atom stereocenters. The van der Waals surface area contributed by atoms with Gasteiger partial charge in [-0.15, -0.1) is 0 Å². The Morgan fingerprint density at radius 1 is 1.10 bits per heavy atom. The van der Waals surface area contributed by atoms with Gasteiger partial charge in [-0.3, -0.25) is 0 Å². The molecule has 158 valence electrons. The van der Waals surface area contributed by atoms with Gasteiger partial charge >= 0.3 is 0 Å². The molecule has 6 heteroatoms. The van der Waals surface area contributed by atoms with Gasteiger partial charge in [-0.2, -0.15) is 4.98 Å². The quantitative estimate of drug-likeness (QED) is 0.431. The van der Waals surface area contributed by atoms with Crippen LogP contribution in [0.25, 0.3) is 22.3 Å². The Bertz CT molecular complexity index is 1170. The molecule has 5 nitrogen and oxygen atoms in total. The molecule has 0 radical (unpaired) electrons. The highest BCUT2D eigenvalue weighted by molar-refractivity contribution is 6.33. The fraction of sp³-hybridized carbons (Fsp3) is 0.280. The van der Waals surface area contributed by atoms with E-state index in [-0.39, 0.29) is 0 Å². The van der Waals surface area contributed by atoms with Crippen molar-refractivity contribution in [2.45, 2.75) is 25.9 Å². The van der Waals surface area contributed by atoms with Crippen molar-refractivity contribution in [1.29, 1.82) is 0 Å². The van der Waals surface area contributed by atoms with Gasteiger partial charge in [0.2, 0.25) is 5.95 Å². The number of fused-ring (bicyclic) bond motifs is 1. The number of halogens is 1. The first-order chi connectivity index (χ1) is 15.3. The highest BCUT2D eigenvalue weighted by atomic mass is 35.5. The van der Waals surface area contributed by atoms with Crippen LogP contribution >= 0.6 is 11.6 Å². The zero-order valence-corrected chi connectivity index (χ0v) is 18.1. The number of rotatable bonds is 6. The molecule has 2 aromatic carbocycles. The van der Waals surface area contributed by atoms with Gasteiger partial charge in [-0.05, 0) is 49.5 Å². The highest BCUT2D eigenvalue weighted by Gasteiger charge is 2.20. The summed E-state index contributed by atoms with van der Waals surface area (Å²) in [6.45, 7) is 3.74. The molecule has 1 fully saturated rings. The van der Waals surface area contributed by atoms with Crippen LogP contribution in [-0.2, 0) is 13.1 Å². The molecule has 2 aromatic heterocycles. The lowest BCUT2D eigenvalue weighted by molar-refractivity contribution is 0.341. The van der Waals surface area contributed by atoms with Crippen molar-refractivity contribution < 1.29 is 0 Å². The number of hydrogen-bond acceptors (Lipinski definition) is 4. The van der Waals surface area contributed by atoms with Gasteiger partial charge in [0.15, 0.2) is 0 Å².